The minimum Gasteiger partial charge on any atom is -0.355 e. The van der Waals surface area contributed by atoms with Crippen LogP contribution in [0.25, 0.3) is 60.3 Å². The molecule has 8 aromatic rings. The standard InChI is InChI=1S/C53H40N2S/c1-53-32-31-39(38-17-11-18-40(33-38)42-19-7-9-22-47(42)54-41-27-25-36(26-28-41)35-13-3-2-4-14-35)34-46(53)44-29-30-50-51(45-21-8-10-24-49(45)56-50)52(44)55(53)48-23-12-16-37-15-5-6-20-43(37)48/h2-7,9-20,22-31,33-34,54H,8,21,32H2,1H3. The van der Waals surface area contributed by atoms with E-state index in [1.54, 1.807) is 0 Å². The summed E-state index contributed by atoms with van der Waals surface area (Å²) in [5, 5.41) is 7.74. The maximum atomic E-state index is 3.73. The average Bonchev–Trinajstić information content (AvgIpc) is 3.76. The van der Waals surface area contributed by atoms with Crippen LogP contribution in [0.3, 0.4) is 0 Å². The van der Waals surface area contributed by atoms with Gasteiger partial charge in [-0.3, -0.25) is 0 Å². The average molecular weight is 737 g/mol. The minimum atomic E-state index is -0.242. The van der Waals surface area contributed by atoms with Crippen LogP contribution in [0.4, 0.5) is 22.7 Å². The first kappa shape index (κ1) is 33.0. The fraction of sp³-hybridized carbons (Fsp3) is 0.0943. The maximum Gasteiger partial charge on any atom is 0.0716 e. The Balaban J connectivity index is 0.993. The van der Waals surface area contributed by atoms with E-state index in [4.69, 9.17) is 0 Å². The Morgan fingerprint density at radius 1 is 0.661 bits per heavy atom. The topological polar surface area (TPSA) is 15.3 Å². The molecule has 0 fully saturated rings. The smallest absolute Gasteiger partial charge is 0.0716 e. The fourth-order valence-corrected chi connectivity index (χ4v) is 10.5. The number of benzene rings is 7. The molecule has 1 aliphatic heterocycles. The second-order valence-corrected chi connectivity index (χ2v) is 16.5. The number of hydrogen-bond donors (Lipinski definition) is 1. The third kappa shape index (κ3) is 5.30. The van der Waals surface area contributed by atoms with Crippen molar-refractivity contribution in [1.29, 1.82) is 0 Å². The van der Waals surface area contributed by atoms with Crippen LogP contribution >= 0.6 is 11.3 Å². The Labute approximate surface area is 332 Å². The highest BCUT2D eigenvalue weighted by Gasteiger charge is 2.47. The Hall–Kier alpha value is -6.42. The molecule has 3 aliphatic rings. The summed E-state index contributed by atoms with van der Waals surface area (Å²) in [6, 6.07) is 57.5. The highest BCUT2D eigenvalue weighted by molar-refractivity contribution is 7.20. The molecule has 56 heavy (non-hydrogen) atoms. The molecule has 1 aromatic heterocycles. The molecule has 0 bridgehead atoms. The lowest BCUT2D eigenvalue weighted by Crippen LogP contribution is -2.40. The lowest BCUT2D eigenvalue weighted by atomic mass is 9.79. The molecule has 268 valence electrons. The summed E-state index contributed by atoms with van der Waals surface area (Å²) >= 11 is 1.95. The van der Waals surface area contributed by atoms with Crippen LogP contribution in [-0.4, -0.2) is 5.54 Å². The number of para-hydroxylation sites is 1. The van der Waals surface area contributed by atoms with Crippen molar-refractivity contribution in [3.05, 3.63) is 198 Å². The van der Waals surface area contributed by atoms with E-state index in [0.717, 1.165) is 30.6 Å². The van der Waals surface area contributed by atoms with Crippen LogP contribution in [0.5, 0.6) is 0 Å². The highest BCUT2D eigenvalue weighted by Crippen LogP contribution is 2.60. The molecule has 2 heterocycles. The van der Waals surface area contributed by atoms with E-state index < -0.39 is 0 Å². The Bertz CT molecular complexity index is 2920. The van der Waals surface area contributed by atoms with E-state index in [2.05, 4.69) is 199 Å². The van der Waals surface area contributed by atoms with Crippen LogP contribution in [0.1, 0.15) is 41.3 Å². The number of hydrogen-bond acceptors (Lipinski definition) is 3. The van der Waals surface area contributed by atoms with E-state index >= 15 is 0 Å². The van der Waals surface area contributed by atoms with Gasteiger partial charge in [0, 0.05) is 48.5 Å². The van der Waals surface area contributed by atoms with Crippen LogP contribution < -0.4 is 10.2 Å². The van der Waals surface area contributed by atoms with Crippen molar-refractivity contribution >= 4 is 72.2 Å². The van der Waals surface area contributed by atoms with Crippen molar-refractivity contribution in [3.8, 4) is 22.3 Å². The third-order valence-electron chi connectivity index (χ3n) is 12.1. The Morgan fingerprint density at radius 2 is 1.41 bits per heavy atom. The summed E-state index contributed by atoms with van der Waals surface area (Å²) < 4.78 is 1.38. The van der Waals surface area contributed by atoms with Gasteiger partial charge >= 0.3 is 0 Å². The monoisotopic (exact) mass is 736 g/mol. The number of allylic oxidation sites excluding steroid dienone is 3. The SMILES string of the molecule is CC12CC=C(c3cccc(-c4ccccc4Nc4ccc(-c5ccccc5)cc4)c3)C=C1c1ccc3sc4c(c3c1N2c1cccc2ccccc12)CCC=C4. The first-order valence-corrected chi connectivity index (χ1v) is 20.5. The number of nitrogens with one attached hydrogen (secondary N) is 1. The molecule has 0 amide bonds. The number of nitrogens with zero attached hydrogens (tertiary/aromatic N) is 1. The molecular formula is C53H40N2S. The van der Waals surface area contributed by atoms with Gasteiger partial charge in [0.05, 0.1) is 11.2 Å². The summed E-state index contributed by atoms with van der Waals surface area (Å²) in [6.45, 7) is 2.46. The number of thiophene rings is 1. The summed E-state index contributed by atoms with van der Waals surface area (Å²) in [5.41, 5.74) is 16.2. The van der Waals surface area contributed by atoms with Gasteiger partial charge in [0.1, 0.15) is 0 Å². The summed E-state index contributed by atoms with van der Waals surface area (Å²) in [5.74, 6) is 0. The summed E-state index contributed by atoms with van der Waals surface area (Å²) in [4.78, 5) is 4.13. The van der Waals surface area contributed by atoms with Crippen LogP contribution in [0, 0.1) is 0 Å². The lowest BCUT2D eigenvalue weighted by molar-refractivity contribution is 0.610. The third-order valence-corrected chi connectivity index (χ3v) is 13.3. The molecule has 0 spiro atoms. The van der Waals surface area contributed by atoms with E-state index in [1.807, 2.05) is 11.3 Å². The second-order valence-electron chi connectivity index (χ2n) is 15.4. The van der Waals surface area contributed by atoms with Gasteiger partial charge in [0.2, 0.25) is 0 Å². The lowest BCUT2D eigenvalue weighted by Gasteiger charge is -2.40. The molecule has 0 saturated carbocycles. The molecule has 7 aromatic carbocycles. The van der Waals surface area contributed by atoms with Gasteiger partial charge in [-0.15, -0.1) is 11.3 Å². The normalized spacial score (nSPS) is 17.0. The van der Waals surface area contributed by atoms with Gasteiger partial charge in [0.15, 0.2) is 0 Å². The first-order chi connectivity index (χ1) is 27.6. The van der Waals surface area contributed by atoms with Crippen molar-refractivity contribution < 1.29 is 0 Å². The van der Waals surface area contributed by atoms with Crippen molar-refractivity contribution in [2.75, 3.05) is 10.2 Å². The number of rotatable bonds is 6. The first-order valence-electron chi connectivity index (χ1n) is 19.7. The largest absolute Gasteiger partial charge is 0.355 e. The van der Waals surface area contributed by atoms with Crippen LogP contribution in [-0.2, 0) is 6.42 Å². The van der Waals surface area contributed by atoms with Gasteiger partial charge in [-0.25, -0.2) is 0 Å². The Kier molecular flexibility index (Phi) is 7.72. The zero-order valence-corrected chi connectivity index (χ0v) is 32.1. The predicted octanol–water partition coefficient (Wildman–Crippen LogP) is 14.9. The van der Waals surface area contributed by atoms with Crippen LogP contribution in [0.2, 0.25) is 0 Å². The van der Waals surface area contributed by atoms with Gasteiger partial charge in [-0.2, -0.15) is 0 Å². The summed E-state index contributed by atoms with van der Waals surface area (Å²) in [6.07, 6.45) is 12.8. The van der Waals surface area contributed by atoms with Gasteiger partial charge in [-0.1, -0.05) is 133 Å². The Morgan fingerprint density at radius 3 is 2.32 bits per heavy atom. The van der Waals surface area contributed by atoms with E-state index in [9.17, 15) is 0 Å². The molecule has 11 rings (SSSR count). The molecule has 0 radical (unpaired) electrons. The molecule has 2 aliphatic carbocycles. The van der Waals surface area contributed by atoms with E-state index in [0.29, 0.717) is 0 Å². The highest BCUT2D eigenvalue weighted by atomic mass is 32.1. The number of fused-ring (bicyclic) bond motifs is 8. The summed E-state index contributed by atoms with van der Waals surface area (Å²) in [7, 11) is 0. The molecule has 1 atom stereocenters. The maximum absolute atomic E-state index is 3.73. The molecular weight excluding hydrogens is 697 g/mol. The fourth-order valence-electron chi connectivity index (χ4n) is 9.35. The predicted molar refractivity (Wildman–Crippen MR) is 241 cm³/mol. The van der Waals surface area contributed by atoms with Crippen molar-refractivity contribution in [1.82, 2.24) is 0 Å². The van der Waals surface area contributed by atoms with Gasteiger partial charge < -0.3 is 10.2 Å². The van der Waals surface area contributed by atoms with Gasteiger partial charge in [0.25, 0.3) is 0 Å². The van der Waals surface area contributed by atoms with Gasteiger partial charge in [-0.05, 0) is 119 Å². The molecule has 2 nitrogen and oxygen atoms in total. The molecule has 1 unspecified atom stereocenters. The zero-order valence-electron chi connectivity index (χ0n) is 31.3. The minimum absolute atomic E-state index is 0.242. The molecule has 3 heteroatoms. The van der Waals surface area contributed by atoms with E-state index in [-0.39, 0.29) is 5.54 Å². The van der Waals surface area contributed by atoms with Crippen LogP contribution in [0.15, 0.2) is 176 Å². The van der Waals surface area contributed by atoms with E-state index in [1.165, 1.54) is 87.2 Å². The number of anilines is 4. The number of aryl methyl sites for hydroxylation is 1. The second kappa shape index (κ2) is 13.1. The van der Waals surface area contributed by atoms with Crippen molar-refractivity contribution in [2.24, 2.45) is 0 Å². The van der Waals surface area contributed by atoms with Crippen molar-refractivity contribution in [3.63, 3.8) is 0 Å². The molecule has 0 saturated heterocycles. The quantitative estimate of drug-likeness (QED) is 0.183. The van der Waals surface area contributed by atoms with Crippen molar-refractivity contribution in [2.45, 2.75) is 31.7 Å². The zero-order chi connectivity index (χ0) is 37.2. The molecule has 1 N–H and O–H groups in total.